The van der Waals surface area contributed by atoms with E-state index in [0.29, 0.717) is 30.9 Å². The molecule has 1 aromatic heterocycles. The molecule has 1 fully saturated rings. The number of morpholine rings is 1. The number of carbonyl (C=O) groups is 1. The van der Waals surface area contributed by atoms with Gasteiger partial charge in [-0.25, -0.2) is 4.39 Å². The summed E-state index contributed by atoms with van der Waals surface area (Å²) in [7, 11) is 3.72. The number of thioether (sulfide) groups is 1. The van der Waals surface area contributed by atoms with Crippen molar-refractivity contribution < 1.29 is 13.9 Å². The molecular formula is C18H23FN6O2S. The zero-order valence-corrected chi connectivity index (χ0v) is 16.7. The maximum Gasteiger partial charge on any atom is 0.230 e. The first kappa shape index (κ1) is 20.3. The van der Waals surface area contributed by atoms with Crippen LogP contribution in [0.25, 0.3) is 0 Å². The zero-order valence-electron chi connectivity index (χ0n) is 15.9. The molecule has 0 spiro atoms. The molecule has 10 heteroatoms. The summed E-state index contributed by atoms with van der Waals surface area (Å²) in [5, 5.41) is 2.83. The maximum atomic E-state index is 12.9. The van der Waals surface area contributed by atoms with Crippen LogP contribution in [0.4, 0.5) is 16.3 Å². The van der Waals surface area contributed by atoms with E-state index in [0.717, 1.165) is 18.0 Å². The van der Waals surface area contributed by atoms with Crippen molar-refractivity contribution in [1.29, 1.82) is 0 Å². The zero-order chi connectivity index (χ0) is 19.9. The quantitative estimate of drug-likeness (QED) is 0.690. The molecule has 2 aromatic rings. The number of carbonyl (C=O) groups excluding carboxylic acids is 1. The van der Waals surface area contributed by atoms with Crippen LogP contribution in [0.2, 0.25) is 0 Å². The van der Waals surface area contributed by atoms with E-state index in [4.69, 9.17) is 4.74 Å². The molecule has 2 heterocycles. The van der Waals surface area contributed by atoms with Crippen LogP contribution in [0.1, 0.15) is 5.82 Å². The second-order valence-corrected chi connectivity index (χ2v) is 7.41. The molecule has 0 saturated carbocycles. The van der Waals surface area contributed by atoms with Gasteiger partial charge in [-0.05, 0) is 24.3 Å². The molecule has 0 bridgehead atoms. The Bertz CT molecular complexity index is 799. The lowest BCUT2D eigenvalue weighted by molar-refractivity contribution is -0.118. The van der Waals surface area contributed by atoms with Crippen LogP contribution >= 0.6 is 11.8 Å². The first-order valence-electron chi connectivity index (χ1n) is 8.91. The molecule has 8 nitrogen and oxygen atoms in total. The van der Waals surface area contributed by atoms with Crippen molar-refractivity contribution in [2.75, 3.05) is 56.0 Å². The fraction of sp³-hybridized carbons (Fsp3) is 0.444. The number of anilines is 2. The van der Waals surface area contributed by atoms with Crippen molar-refractivity contribution in [3.8, 4) is 0 Å². The summed E-state index contributed by atoms with van der Waals surface area (Å²) in [5.74, 6) is 1.42. The lowest BCUT2D eigenvalue weighted by atomic mass is 10.4. The van der Waals surface area contributed by atoms with Crippen molar-refractivity contribution in [1.82, 2.24) is 20.3 Å². The van der Waals surface area contributed by atoms with Gasteiger partial charge in [0, 0.05) is 32.1 Å². The number of aromatic nitrogens is 3. The van der Waals surface area contributed by atoms with Crippen molar-refractivity contribution in [2.24, 2.45) is 0 Å². The SMILES string of the molecule is CN(C)c1nc(CNC(=O)CSc2ccc(F)cc2)nc(N2CCOCC2)n1. The second kappa shape index (κ2) is 9.65. The Morgan fingerprint density at radius 1 is 1.21 bits per heavy atom. The molecule has 28 heavy (non-hydrogen) atoms. The van der Waals surface area contributed by atoms with E-state index in [1.165, 1.54) is 23.9 Å². The summed E-state index contributed by atoms with van der Waals surface area (Å²) in [6, 6.07) is 6.05. The molecule has 1 N–H and O–H groups in total. The van der Waals surface area contributed by atoms with Crippen LogP contribution in [-0.4, -0.2) is 67.0 Å². The lowest BCUT2D eigenvalue weighted by Crippen LogP contribution is -2.38. The molecule has 1 aliphatic heterocycles. The van der Waals surface area contributed by atoms with E-state index in [9.17, 15) is 9.18 Å². The summed E-state index contributed by atoms with van der Waals surface area (Å²) in [5.41, 5.74) is 0. The van der Waals surface area contributed by atoms with E-state index in [2.05, 4.69) is 20.3 Å². The largest absolute Gasteiger partial charge is 0.378 e. The maximum absolute atomic E-state index is 12.9. The third kappa shape index (κ3) is 5.77. The summed E-state index contributed by atoms with van der Waals surface area (Å²) >= 11 is 1.34. The smallest absolute Gasteiger partial charge is 0.230 e. The highest BCUT2D eigenvalue weighted by molar-refractivity contribution is 8.00. The topological polar surface area (TPSA) is 83.5 Å². The Balaban J connectivity index is 1.59. The monoisotopic (exact) mass is 406 g/mol. The summed E-state index contributed by atoms with van der Waals surface area (Å²) in [4.78, 5) is 30.2. The van der Waals surface area contributed by atoms with E-state index in [-0.39, 0.29) is 24.0 Å². The number of hydrogen-bond acceptors (Lipinski definition) is 8. The molecule has 150 valence electrons. The Labute approximate surface area is 167 Å². The van der Waals surface area contributed by atoms with Crippen LogP contribution in [0.15, 0.2) is 29.2 Å². The number of amides is 1. The highest BCUT2D eigenvalue weighted by atomic mass is 32.2. The van der Waals surface area contributed by atoms with Crippen molar-refractivity contribution >= 4 is 29.6 Å². The fourth-order valence-corrected chi connectivity index (χ4v) is 3.22. The number of ether oxygens (including phenoxy) is 1. The molecular weight excluding hydrogens is 383 g/mol. The van der Waals surface area contributed by atoms with Gasteiger partial charge in [0.15, 0.2) is 5.82 Å². The van der Waals surface area contributed by atoms with Gasteiger partial charge in [0.2, 0.25) is 17.8 Å². The van der Waals surface area contributed by atoms with Gasteiger partial charge in [0.1, 0.15) is 5.82 Å². The van der Waals surface area contributed by atoms with Crippen molar-refractivity contribution in [3.63, 3.8) is 0 Å². The molecule has 1 amide bonds. The number of benzene rings is 1. The minimum atomic E-state index is -0.295. The first-order chi connectivity index (χ1) is 13.5. The minimum absolute atomic E-state index is 0.144. The number of nitrogens with zero attached hydrogens (tertiary/aromatic N) is 5. The van der Waals surface area contributed by atoms with E-state index in [1.54, 1.807) is 17.0 Å². The van der Waals surface area contributed by atoms with Crippen LogP contribution in [0.3, 0.4) is 0 Å². The lowest BCUT2D eigenvalue weighted by Gasteiger charge is -2.27. The van der Waals surface area contributed by atoms with Gasteiger partial charge < -0.3 is 19.9 Å². The second-order valence-electron chi connectivity index (χ2n) is 6.36. The van der Waals surface area contributed by atoms with Crippen LogP contribution in [-0.2, 0) is 16.1 Å². The van der Waals surface area contributed by atoms with E-state index < -0.39 is 0 Å². The van der Waals surface area contributed by atoms with Gasteiger partial charge in [0.25, 0.3) is 0 Å². The molecule has 0 atom stereocenters. The highest BCUT2D eigenvalue weighted by Crippen LogP contribution is 2.18. The number of nitrogens with one attached hydrogen (secondary N) is 1. The predicted octanol–water partition coefficient (Wildman–Crippen LogP) is 1.32. The molecule has 3 rings (SSSR count). The van der Waals surface area contributed by atoms with Gasteiger partial charge in [-0.1, -0.05) is 0 Å². The average molecular weight is 406 g/mol. The molecule has 1 saturated heterocycles. The number of halogens is 1. The van der Waals surface area contributed by atoms with Gasteiger partial charge in [-0.15, -0.1) is 11.8 Å². The van der Waals surface area contributed by atoms with Crippen LogP contribution in [0, 0.1) is 5.82 Å². The van der Waals surface area contributed by atoms with Crippen molar-refractivity contribution in [2.45, 2.75) is 11.4 Å². The number of rotatable bonds is 7. The van der Waals surface area contributed by atoms with Gasteiger partial charge in [-0.2, -0.15) is 15.0 Å². The molecule has 0 unspecified atom stereocenters. The Morgan fingerprint density at radius 3 is 2.61 bits per heavy atom. The first-order valence-corrected chi connectivity index (χ1v) is 9.90. The van der Waals surface area contributed by atoms with Gasteiger partial charge in [0.05, 0.1) is 25.5 Å². The third-order valence-corrected chi connectivity index (χ3v) is 4.99. The van der Waals surface area contributed by atoms with Gasteiger partial charge >= 0.3 is 0 Å². The normalized spacial score (nSPS) is 14.0. The minimum Gasteiger partial charge on any atom is -0.378 e. The average Bonchev–Trinajstić information content (AvgIpc) is 2.72. The fourth-order valence-electron chi connectivity index (χ4n) is 2.49. The van der Waals surface area contributed by atoms with Gasteiger partial charge in [-0.3, -0.25) is 4.79 Å². The highest BCUT2D eigenvalue weighted by Gasteiger charge is 2.17. The van der Waals surface area contributed by atoms with E-state index >= 15 is 0 Å². The molecule has 1 aliphatic rings. The van der Waals surface area contributed by atoms with Crippen LogP contribution < -0.4 is 15.1 Å². The van der Waals surface area contributed by atoms with E-state index in [1.807, 2.05) is 19.0 Å². The molecule has 0 aliphatic carbocycles. The predicted molar refractivity (Wildman–Crippen MR) is 106 cm³/mol. The Morgan fingerprint density at radius 2 is 1.93 bits per heavy atom. The molecule has 0 radical (unpaired) electrons. The summed E-state index contributed by atoms with van der Waals surface area (Å²) in [6.45, 7) is 2.92. The third-order valence-electron chi connectivity index (χ3n) is 3.98. The Kier molecular flexibility index (Phi) is 6.99. The summed E-state index contributed by atoms with van der Waals surface area (Å²) < 4.78 is 18.3. The number of hydrogen-bond donors (Lipinski definition) is 1. The Hall–Kier alpha value is -2.46. The van der Waals surface area contributed by atoms with Crippen molar-refractivity contribution in [3.05, 3.63) is 35.9 Å². The summed E-state index contributed by atoms with van der Waals surface area (Å²) in [6.07, 6.45) is 0. The molecule has 1 aromatic carbocycles. The van der Waals surface area contributed by atoms with Crippen LogP contribution in [0.5, 0.6) is 0 Å². The standard InChI is InChI=1S/C18H23FN6O2S/c1-24(2)17-21-15(22-18(23-17)25-7-9-27-10-8-25)11-20-16(26)12-28-14-5-3-13(19)4-6-14/h3-6H,7-12H2,1-2H3,(H,20,26).